The number of rotatable bonds is 6. The van der Waals surface area contributed by atoms with Crippen molar-refractivity contribution in [3.8, 4) is 11.5 Å². The van der Waals surface area contributed by atoms with E-state index in [1.807, 2.05) is 0 Å². The number of nitrogens with zero attached hydrogens (tertiary/aromatic N) is 2. The van der Waals surface area contributed by atoms with E-state index in [1.54, 1.807) is 39.3 Å². The second-order valence-electron chi connectivity index (χ2n) is 4.73. The van der Waals surface area contributed by atoms with Gasteiger partial charge in [0.25, 0.3) is 0 Å². The first kappa shape index (κ1) is 16.3. The maximum atomic E-state index is 12.3. The minimum Gasteiger partial charge on any atom is -0.493 e. The van der Waals surface area contributed by atoms with Gasteiger partial charge in [-0.15, -0.1) is 0 Å². The van der Waals surface area contributed by atoms with Crippen LogP contribution in [-0.2, 0) is 23.6 Å². The number of hydrogen-bond donors (Lipinski definition) is 1. The smallest absolute Gasteiger partial charge is 0.244 e. The maximum Gasteiger partial charge on any atom is 0.244 e. The number of benzene rings is 1. The molecule has 8 heteroatoms. The summed E-state index contributed by atoms with van der Waals surface area (Å²) in [6.07, 6.45) is 1.34. The van der Waals surface area contributed by atoms with E-state index in [4.69, 9.17) is 9.47 Å². The lowest BCUT2D eigenvalue weighted by Gasteiger charge is -2.10. The molecular weight excluding hydrogens is 306 g/mol. The molecular formula is C14H19N3O4S. The van der Waals surface area contributed by atoms with E-state index in [2.05, 4.69) is 9.82 Å². The van der Waals surface area contributed by atoms with Crippen molar-refractivity contribution in [1.82, 2.24) is 14.5 Å². The molecule has 1 aromatic heterocycles. The Morgan fingerprint density at radius 3 is 2.45 bits per heavy atom. The number of hydrogen-bond acceptors (Lipinski definition) is 5. The summed E-state index contributed by atoms with van der Waals surface area (Å²) in [7, 11) is 1.17. The third-order valence-corrected chi connectivity index (χ3v) is 4.90. The zero-order valence-electron chi connectivity index (χ0n) is 13.0. The minimum atomic E-state index is -3.61. The monoisotopic (exact) mass is 325 g/mol. The van der Waals surface area contributed by atoms with E-state index in [1.165, 1.54) is 18.0 Å². The Bertz CT molecular complexity index is 768. The standard InChI is InChI=1S/C14H19N3O4S/c1-10-14(9-15-17(10)2)22(18,19)16-8-11-5-6-12(20-3)13(7-11)21-4/h5-7,9,16H,8H2,1-4H3. The average Bonchev–Trinajstić information content (AvgIpc) is 2.85. The molecule has 0 aliphatic carbocycles. The van der Waals surface area contributed by atoms with Crippen molar-refractivity contribution < 1.29 is 17.9 Å². The van der Waals surface area contributed by atoms with Crippen molar-refractivity contribution >= 4 is 10.0 Å². The molecule has 0 spiro atoms. The molecule has 2 rings (SSSR count). The van der Waals surface area contributed by atoms with Crippen molar-refractivity contribution in [2.24, 2.45) is 7.05 Å². The molecule has 0 saturated carbocycles. The van der Waals surface area contributed by atoms with Crippen LogP contribution in [0.3, 0.4) is 0 Å². The van der Waals surface area contributed by atoms with Crippen molar-refractivity contribution in [1.29, 1.82) is 0 Å². The van der Waals surface area contributed by atoms with Crippen LogP contribution in [0.4, 0.5) is 0 Å². The van der Waals surface area contributed by atoms with Crippen LogP contribution in [0.1, 0.15) is 11.3 Å². The number of aryl methyl sites for hydroxylation is 1. The maximum absolute atomic E-state index is 12.3. The molecule has 0 aliphatic rings. The Morgan fingerprint density at radius 2 is 1.91 bits per heavy atom. The van der Waals surface area contributed by atoms with Gasteiger partial charge in [0.2, 0.25) is 10.0 Å². The Kier molecular flexibility index (Phi) is 4.72. The largest absolute Gasteiger partial charge is 0.493 e. The van der Waals surface area contributed by atoms with Crippen LogP contribution < -0.4 is 14.2 Å². The number of aromatic nitrogens is 2. The average molecular weight is 325 g/mol. The van der Waals surface area contributed by atoms with Crippen LogP contribution in [0.25, 0.3) is 0 Å². The van der Waals surface area contributed by atoms with Crippen LogP contribution in [0.15, 0.2) is 29.3 Å². The Balaban J connectivity index is 2.17. The molecule has 0 bridgehead atoms. The molecule has 2 aromatic rings. The van der Waals surface area contributed by atoms with Crippen molar-refractivity contribution in [2.45, 2.75) is 18.4 Å². The highest BCUT2D eigenvalue weighted by molar-refractivity contribution is 7.89. The predicted molar refractivity (Wildman–Crippen MR) is 81.5 cm³/mol. The highest BCUT2D eigenvalue weighted by atomic mass is 32.2. The van der Waals surface area contributed by atoms with E-state index in [-0.39, 0.29) is 11.4 Å². The molecule has 1 aromatic carbocycles. The van der Waals surface area contributed by atoms with E-state index in [0.717, 1.165) is 5.56 Å². The second-order valence-corrected chi connectivity index (χ2v) is 6.47. The fourth-order valence-corrected chi connectivity index (χ4v) is 3.21. The van der Waals surface area contributed by atoms with Crippen molar-refractivity contribution in [3.05, 3.63) is 35.7 Å². The van der Waals surface area contributed by atoms with Gasteiger partial charge in [-0.05, 0) is 24.6 Å². The van der Waals surface area contributed by atoms with Gasteiger partial charge in [-0.1, -0.05) is 6.07 Å². The normalized spacial score (nSPS) is 11.5. The van der Waals surface area contributed by atoms with E-state index < -0.39 is 10.0 Å². The molecule has 120 valence electrons. The third-order valence-electron chi connectivity index (χ3n) is 3.39. The molecule has 0 radical (unpaired) electrons. The second kappa shape index (κ2) is 6.37. The molecule has 0 unspecified atom stereocenters. The molecule has 0 aliphatic heterocycles. The first-order valence-electron chi connectivity index (χ1n) is 6.58. The van der Waals surface area contributed by atoms with Crippen LogP contribution in [0.2, 0.25) is 0 Å². The van der Waals surface area contributed by atoms with Gasteiger partial charge in [0.15, 0.2) is 11.5 Å². The summed E-state index contributed by atoms with van der Waals surface area (Å²) in [6.45, 7) is 1.86. The van der Waals surface area contributed by atoms with Gasteiger partial charge in [-0.25, -0.2) is 13.1 Å². The first-order chi connectivity index (χ1) is 10.4. The summed E-state index contributed by atoms with van der Waals surface area (Å²) in [5, 5.41) is 3.95. The van der Waals surface area contributed by atoms with Crippen molar-refractivity contribution in [3.63, 3.8) is 0 Å². The Labute approximate surface area is 129 Å². The lowest BCUT2D eigenvalue weighted by molar-refractivity contribution is 0.354. The molecule has 1 N–H and O–H groups in total. The summed E-state index contributed by atoms with van der Waals surface area (Å²) in [4.78, 5) is 0.176. The number of methoxy groups -OCH3 is 2. The van der Waals surface area contributed by atoms with Crippen molar-refractivity contribution in [2.75, 3.05) is 14.2 Å². The van der Waals surface area contributed by atoms with Gasteiger partial charge in [0.1, 0.15) is 4.90 Å². The fourth-order valence-electron chi connectivity index (χ4n) is 1.99. The summed E-state index contributed by atoms with van der Waals surface area (Å²) >= 11 is 0. The lowest BCUT2D eigenvalue weighted by atomic mass is 10.2. The lowest BCUT2D eigenvalue weighted by Crippen LogP contribution is -2.23. The van der Waals surface area contributed by atoms with E-state index in [0.29, 0.717) is 17.2 Å². The number of nitrogens with one attached hydrogen (secondary N) is 1. The van der Waals surface area contributed by atoms with Gasteiger partial charge in [-0.2, -0.15) is 5.10 Å². The van der Waals surface area contributed by atoms with Gasteiger partial charge in [0.05, 0.1) is 26.1 Å². The number of ether oxygens (including phenoxy) is 2. The summed E-state index contributed by atoms with van der Waals surface area (Å²) < 4.78 is 39.0. The zero-order chi connectivity index (χ0) is 16.3. The molecule has 22 heavy (non-hydrogen) atoms. The van der Waals surface area contributed by atoms with E-state index >= 15 is 0 Å². The molecule has 7 nitrogen and oxygen atoms in total. The number of sulfonamides is 1. The first-order valence-corrected chi connectivity index (χ1v) is 8.06. The molecule has 0 atom stereocenters. The predicted octanol–water partition coefficient (Wildman–Crippen LogP) is 1.22. The van der Waals surface area contributed by atoms with E-state index in [9.17, 15) is 8.42 Å². The van der Waals surface area contributed by atoms with Crippen LogP contribution >= 0.6 is 0 Å². The highest BCUT2D eigenvalue weighted by Gasteiger charge is 2.19. The van der Waals surface area contributed by atoms with Crippen LogP contribution in [-0.4, -0.2) is 32.4 Å². The third kappa shape index (κ3) is 3.23. The molecule has 0 amide bonds. The quantitative estimate of drug-likeness (QED) is 0.863. The van der Waals surface area contributed by atoms with Crippen LogP contribution in [0, 0.1) is 6.92 Å². The SMILES string of the molecule is COc1ccc(CNS(=O)(=O)c2cnn(C)c2C)cc1OC. The summed E-state index contributed by atoms with van der Waals surface area (Å²) in [5.74, 6) is 1.15. The Morgan fingerprint density at radius 1 is 1.23 bits per heavy atom. The zero-order valence-corrected chi connectivity index (χ0v) is 13.8. The summed E-state index contributed by atoms with van der Waals surface area (Å²) in [6, 6.07) is 5.25. The molecule has 1 heterocycles. The Hall–Kier alpha value is -2.06. The van der Waals surface area contributed by atoms with Crippen LogP contribution in [0.5, 0.6) is 11.5 Å². The van der Waals surface area contributed by atoms with Gasteiger partial charge in [-0.3, -0.25) is 4.68 Å². The van der Waals surface area contributed by atoms with Gasteiger partial charge in [0, 0.05) is 13.6 Å². The molecule has 0 fully saturated rings. The summed E-state index contributed by atoms with van der Waals surface area (Å²) in [5.41, 5.74) is 1.35. The topological polar surface area (TPSA) is 82.5 Å². The highest BCUT2D eigenvalue weighted by Crippen LogP contribution is 2.27. The van der Waals surface area contributed by atoms with Gasteiger partial charge >= 0.3 is 0 Å². The minimum absolute atomic E-state index is 0.150. The fraction of sp³-hybridized carbons (Fsp3) is 0.357. The molecule has 0 saturated heterocycles. The van der Waals surface area contributed by atoms with Gasteiger partial charge < -0.3 is 9.47 Å².